The summed E-state index contributed by atoms with van der Waals surface area (Å²) in [4.78, 5) is 5.14. The zero-order valence-electron chi connectivity index (χ0n) is 11.8. The van der Waals surface area contributed by atoms with Crippen LogP contribution in [0.5, 0.6) is 0 Å². The van der Waals surface area contributed by atoms with E-state index >= 15 is 0 Å². The van der Waals surface area contributed by atoms with E-state index < -0.39 is 0 Å². The van der Waals surface area contributed by atoms with Gasteiger partial charge in [0.2, 0.25) is 0 Å². The molecule has 0 aromatic carbocycles. The highest BCUT2D eigenvalue weighted by molar-refractivity contribution is 4.85. The first-order chi connectivity index (χ1) is 9.38. The molecule has 4 unspecified atom stereocenters. The molecule has 4 rings (SSSR count). The first-order valence-corrected chi connectivity index (χ1v) is 8.17. The molecule has 4 heteroatoms. The van der Waals surface area contributed by atoms with E-state index in [0.717, 1.165) is 0 Å². The Balaban J connectivity index is 1.23. The standard InChI is InChI=1S/C15H26N2O2/c1-4-12-10-16(14(6-1)18-12)8-3-9-17-11-13-5-2-7-15(17)19-13/h12-15H,1-11H2. The summed E-state index contributed by atoms with van der Waals surface area (Å²) in [5.74, 6) is 0. The van der Waals surface area contributed by atoms with E-state index in [9.17, 15) is 0 Å². The summed E-state index contributed by atoms with van der Waals surface area (Å²) < 4.78 is 12.0. The van der Waals surface area contributed by atoms with E-state index in [1.54, 1.807) is 0 Å². The summed E-state index contributed by atoms with van der Waals surface area (Å²) >= 11 is 0. The lowest BCUT2D eigenvalue weighted by Gasteiger charge is -2.26. The smallest absolute Gasteiger partial charge is 0.111 e. The Kier molecular flexibility index (Phi) is 3.52. The van der Waals surface area contributed by atoms with Crippen LogP contribution in [0.1, 0.15) is 44.9 Å². The number of ether oxygens (including phenoxy) is 2. The van der Waals surface area contributed by atoms with Gasteiger partial charge >= 0.3 is 0 Å². The fourth-order valence-corrected chi connectivity index (χ4v) is 4.27. The molecule has 0 aromatic rings. The number of fused-ring (bicyclic) bond motifs is 4. The lowest BCUT2D eigenvalue weighted by Crippen LogP contribution is -2.35. The van der Waals surface area contributed by atoms with Crippen molar-refractivity contribution in [1.82, 2.24) is 9.80 Å². The Morgan fingerprint density at radius 2 is 1.26 bits per heavy atom. The molecule has 0 radical (unpaired) electrons. The van der Waals surface area contributed by atoms with Crippen LogP contribution in [0.4, 0.5) is 0 Å². The maximum Gasteiger partial charge on any atom is 0.111 e. The maximum absolute atomic E-state index is 5.99. The molecule has 4 aliphatic heterocycles. The van der Waals surface area contributed by atoms with Gasteiger partial charge in [-0.15, -0.1) is 0 Å². The van der Waals surface area contributed by atoms with Crippen molar-refractivity contribution in [2.45, 2.75) is 69.6 Å². The molecule has 0 N–H and O–H groups in total. The van der Waals surface area contributed by atoms with Gasteiger partial charge in [0, 0.05) is 26.2 Å². The molecule has 19 heavy (non-hydrogen) atoms. The summed E-state index contributed by atoms with van der Waals surface area (Å²) in [6.45, 7) is 4.75. The predicted octanol–water partition coefficient (Wildman–Crippen LogP) is 1.80. The van der Waals surface area contributed by atoms with Gasteiger partial charge < -0.3 is 9.47 Å². The fourth-order valence-electron chi connectivity index (χ4n) is 4.27. The molecule has 0 amide bonds. The minimum atomic E-state index is 0.438. The van der Waals surface area contributed by atoms with E-state index in [0.29, 0.717) is 24.7 Å². The minimum Gasteiger partial charge on any atom is -0.359 e. The van der Waals surface area contributed by atoms with Crippen molar-refractivity contribution < 1.29 is 9.47 Å². The molecule has 0 spiro atoms. The number of nitrogens with zero attached hydrogens (tertiary/aromatic N) is 2. The van der Waals surface area contributed by atoms with Crippen molar-refractivity contribution in [1.29, 1.82) is 0 Å². The van der Waals surface area contributed by atoms with E-state index in [4.69, 9.17) is 9.47 Å². The molecule has 0 saturated carbocycles. The summed E-state index contributed by atoms with van der Waals surface area (Å²) in [5.41, 5.74) is 0. The topological polar surface area (TPSA) is 24.9 Å². The average Bonchev–Trinajstić information content (AvgIpc) is 2.87. The lowest BCUT2D eigenvalue weighted by molar-refractivity contribution is -0.0398. The van der Waals surface area contributed by atoms with E-state index in [1.807, 2.05) is 0 Å². The minimum absolute atomic E-state index is 0.438. The highest BCUT2D eigenvalue weighted by atomic mass is 16.5. The van der Waals surface area contributed by atoms with Crippen molar-refractivity contribution in [3.8, 4) is 0 Å². The molecule has 4 heterocycles. The molecule has 4 aliphatic rings. The van der Waals surface area contributed by atoms with Crippen LogP contribution in [0.2, 0.25) is 0 Å². The van der Waals surface area contributed by atoms with Crippen molar-refractivity contribution >= 4 is 0 Å². The Morgan fingerprint density at radius 3 is 1.74 bits per heavy atom. The SMILES string of the molecule is C1CC2CN(CCCN3CC4CCCC3O4)C(C1)O2. The predicted molar refractivity (Wildman–Crippen MR) is 72.8 cm³/mol. The van der Waals surface area contributed by atoms with Crippen molar-refractivity contribution in [2.75, 3.05) is 26.2 Å². The van der Waals surface area contributed by atoms with Gasteiger partial charge in [-0.3, -0.25) is 9.80 Å². The van der Waals surface area contributed by atoms with Crippen LogP contribution in [0, 0.1) is 0 Å². The van der Waals surface area contributed by atoms with Gasteiger partial charge in [-0.25, -0.2) is 0 Å². The highest BCUT2D eigenvalue weighted by Gasteiger charge is 2.37. The maximum atomic E-state index is 5.99. The third-order valence-corrected chi connectivity index (χ3v) is 5.23. The van der Waals surface area contributed by atoms with Gasteiger partial charge in [0.25, 0.3) is 0 Å². The summed E-state index contributed by atoms with van der Waals surface area (Å²) in [7, 11) is 0. The third-order valence-electron chi connectivity index (χ3n) is 5.23. The molecular weight excluding hydrogens is 240 g/mol. The van der Waals surface area contributed by atoms with Crippen LogP contribution in [-0.4, -0.2) is 60.6 Å². The van der Waals surface area contributed by atoms with Crippen LogP contribution in [-0.2, 0) is 9.47 Å². The Morgan fingerprint density at radius 1 is 0.737 bits per heavy atom. The fraction of sp³-hybridized carbons (Fsp3) is 1.00. The third kappa shape index (κ3) is 2.56. The summed E-state index contributed by atoms with van der Waals surface area (Å²) in [6.07, 6.45) is 11.0. The van der Waals surface area contributed by atoms with Crippen LogP contribution in [0.3, 0.4) is 0 Å². The van der Waals surface area contributed by atoms with Crippen LogP contribution in [0.15, 0.2) is 0 Å². The second kappa shape index (κ2) is 5.32. The van der Waals surface area contributed by atoms with Crippen LogP contribution < -0.4 is 0 Å². The van der Waals surface area contributed by atoms with Gasteiger partial charge in [0.15, 0.2) is 0 Å². The molecule has 0 aromatic heterocycles. The van der Waals surface area contributed by atoms with E-state index in [1.165, 1.54) is 71.1 Å². The number of rotatable bonds is 4. The van der Waals surface area contributed by atoms with E-state index in [2.05, 4.69) is 9.80 Å². The van der Waals surface area contributed by atoms with Gasteiger partial charge in [0.1, 0.15) is 12.5 Å². The second-order valence-electron chi connectivity index (χ2n) is 6.63. The Hall–Kier alpha value is -0.160. The quantitative estimate of drug-likeness (QED) is 0.774. The van der Waals surface area contributed by atoms with E-state index in [-0.39, 0.29) is 0 Å². The first kappa shape index (κ1) is 12.6. The molecule has 108 valence electrons. The first-order valence-electron chi connectivity index (χ1n) is 8.17. The molecule has 4 nitrogen and oxygen atoms in total. The largest absolute Gasteiger partial charge is 0.359 e. The number of likely N-dealkylation sites (tertiary alicyclic amines) is 2. The zero-order chi connectivity index (χ0) is 12.7. The van der Waals surface area contributed by atoms with Crippen LogP contribution >= 0.6 is 0 Å². The summed E-state index contributed by atoms with van der Waals surface area (Å²) in [6, 6.07) is 0. The van der Waals surface area contributed by atoms with Crippen LogP contribution in [0.25, 0.3) is 0 Å². The molecule has 4 saturated heterocycles. The molecular formula is C15H26N2O2. The number of hydrogen-bond donors (Lipinski definition) is 0. The molecule has 4 fully saturated rings. The normalized spacial score (nSPS) is 42.9. The van der Waals surface area contributed by atoms with Gasteiger partial charge in [0.05, 0.1) is 12.2 Å². The Labute approximate surface area is 116 Å². The summed E-state index contributed by atoms with van der Waals surface area (Å²) in [5, 5.41) is 0. The van der Waals surface area contributed by atoms with Crippen molar-refractivity contribution in [3.05, 3.63) is 0 Å². The molecule has 4 bridgehead atoms. The number of hydrogen-bond acceptors (Lipinski definition) is 4. The highest BCUT2D eigenvalue weighted by Crippen LogP contribution is 2.31. The second-order valence-corrected chi connectivity index (χ2v) is 6.63. The molecule has 0 aliphatic carbocycles. The van der Waals surface area contributed by atoms with Gasteiger partial charge in [-0.1, -0.05) is 0 Å². The lowest BCUT2D eigenvalue weighted by atomic mass is 10.1. The van der Waals surface area contributed by atoms with Gasteiger partial charge in [-0.05, 0) is 44.9 Å². The molecule has 4 atom stereocenters. The average molecular weight is 266 g/mol. The van der Waals surface area contributed by atoms with Crippen molar-refractivity contribution in [2.24, 2.45) is 0 Å². The monoisotopic (exact) mass is 266 g/mol. The van der Waals surface area contributed by atoms with Gasteiger partial charge in [-0.2, -0.15) is 0 Å². The Bertz CT molecular complexity index is 295. The van der Waals surface area contributed by atoms with Crippen molar-refractivity contribution in [3.63, 3.8) is 0 Å². The zero-order valence-corrected chi connectivity index (χ0v) is 11.8.